The Labute approximate surface area is 97.9 Å². The largest absolute Gasteiger partial charge is 0.466 e. The summed E-state index contributed by atoms with van der Waals surface area (Å²) in [5.74, 6) is 1.54. The van der Waals surface area contributed by atoms with Crippen molar-refractivity contribution in [3.63, 3.8) is 0 Å². The van der Waals surface area contributed by atoms with Crippen molar-refractivity contribution in [2.75, 3.05) is 13.4 Å². The van der Waals surface area contributed by atoms with Crippen LogP contribution in [0.15, 0.2) is 18.3 Å². The summed E-state index contributed by atoms with van der Waals surface area (Å²) >= 11 is 3.34. The first kappa shape index (κ1) is 10.9. The van der Waals surface area contributed by atoms with Gasteiger partial charge in [0.15, 0.2) is 6.79 Å². The molecule has 3 nitrogen and oxygen atoms in total. The number of alkyl halides is 1. The van der Waals surface area contributed by atoms with Crippen molar-refractivity contribution in [3.8, 4) is 5.75 Å². The molecular weight excluding hydrogens is 258 g/mol. The van der Waals surface area contributed by atoms with Crippen LogP contribution in [0.25, 0.3) is 0 Å². The van der Waals surface area contributed by atoms with Crippen molar-refractivity contribution >= 4 is 15.9 Å². The van der Waals surface area contributed by atoms with Gasteiger partial charge in [-0.25, -0.2) is 0 Å². The van der Waals surface area contributed by atoms with E-state index in [2.05, 4.69) is 20.9 Å². The lowest BCUT2D eigenvalue weighted by molar-refractivity contribution is 0.00977. The molecule has 0 unspecified atom stereocenters. The lowest BCUT2D eigenvalue weighted by Crippen LogP contribution is -2.05. The fourth-order valence-electron chi connectivity index (χ4n) is 1.18. The predicted octanol–water partition coefficient (Wildman–Crippen LogP) is 2.74. The molecule has 1 heterocycles. The van der Waals surface area contributed by atoms with Crippen LogP contribution in [0.2, 0.25) is 0 Å². The summed E-state index contributed by atoms with van der Waals surface area (Å²) in [6, 6.07) is 3.84. The molecule has 0 amide bonds. The molecule has 1 aromatic heterocycles. The van der Waals surface area contributed by atoms with Gasteiger partial charge in [0, 0.05) is 5.33 Å². The molecular formula is C11H14BrNO2. The van der Waals surface area contributed by atoms with Gasteiger partial charge in [0.05, 0.1) is 18.5 Å². The van der Waals surface area contributed by atoms with Crippen LogP contribution in [0.1, 0.15) is 18.5 Å². The Balaban J connectivity index is 1.67. The molecule has 0 spiro atoms. The highest BCUT2D eigenvalue weighted by Crippen LogP contribution is 2.28. The van der Waals surface area contributed by atoms with Crippen LogP contribution in [0, 0.1) is 5.92 Å². The van der Waals surface area contributed by atoms with Gasteiger partial charge >= 0.3 is 0 Å². The second kappa shape index (κ2) is 5.47. The summed E-state index contributed by atoms with van der Waals surface area (Å²) in [5, 5.41) is 0.769. The quantitative estimate of drug-likeness (QED) is 0.453. The van der Waals surface area contributed by atoms with Gasteiger partial charge in [-0.1, -0.05) is 15.9 Å². The maximum Gasteiger partial charge on any atom is 0.189 e. The van der Waals surface area contributed by atoms with Crippen LogP contribution < -0.4 is 4.74 Å². The first-order valence-corrected chi connectivity index (χ1v) is 6.22. The molecule has 0 aromatic carbocycles. The third kappa shape index (κ3) is 3.80. The smallest absolute Gasteiger partial charge is 0.189 e. The van der Waals surface area contributed by atoms with Crippen LogP contribution in [0.3, 0.4) is 0 Å². The number of nitrogens with zero attached hydrogens (tertiary/aromatic N) is 1. The van der Waals surface area contributed by atoms with E-state index in [0.717, 1.165) is 29.3 Å². The summed E-state index contributed by atoms with van der Waals surface area (Å²) in [4.78, 5) is 4.20. The number of halogens is 1. The Hall–Kier alpha value is -0.610. The van der Waals surface area contributed by atoms with E-state index in [1.165, 1.54) is 12.8 Å². The molecule has 0 N–H and O–H groups in total. The van der Waals surface area contributed by atoms with Crippen LogP contribution in [0.5, 0.6) is 5.75 Å². The topological polar surface area (TPSA) is 31.4 Å². The molecule has 4 heteroatoms. The predicted molar refractivity (Wildman–Crippen MR) is 61.0 cm³/mol. The number of hydrogen-bond donors (Lipinski definition) is 0. The number of pyridine rings is 1. The number of ether oxygens (including phenoxy) is 2. The highest BCUT2D eigenvalue weighted by Gasteiger charge is 2.20. The Bertz CT molecular complexity index is 298. The lowest BCUT2D eigenvalue weighted by atomic mass is 10.4. The highest BCUT2D eigenvalue weighted by atomic mass is 79.9. The van der Waals surface area contributed by atoms with E-state index in [0.29, 0.717) is 6.79 Å². The summed E-state index contributed by atoms with van der Waals surface area (Å²) in [6.07, 6.45) is 4.33. The van der Waals surface area contributed by atoms with E-state index >= 15 is 0 Å². The molecule has 1 saturated carbocycles. The minimum Gasteiger partial charge on any atom is -0.466 e. The van der Waals surface area contributed by atoms with Crippen LogP contribution >= 0.6 is 15.9 Å². The Morgan fingerprint density at radius 1 is 1.40 bits per heavy atom. The van der Waals surface area contributed by atoms with Crippen molar-refractivity contribution in [1.82, 2.24) is 4.98 Å². The lowest BCUT2D eigenvalue weighted by Gasteiger charge is -2.06. The monoisotopic (exact) mass is 271 g/mol. The standard InChI is InChI=1S/C11H14BrNO2/c12-5-10-3-4-11(6-13-10)15-8-14-7-9-1-2-9/h3-4,6,9H,1-2,5,7-8H2. The van der Waals surface area contributed by atoms with Crippen molar-refractivity contribution in [2.24, 2.45) is 5.92 Å². The van der Waals surface area contributed by atoms with Crippen molar-refractivity contribution in [2.45, 2.75) is 18.2 Å². The molecule has 1 aliphatic rings. The summed E-state index contributed by atoms with van der Waals surface area (Å²) in [5.41, 5.74) is 1.00. The second-order valence-electron chi connectivity index (χ2n) is 3.70. The minimum absolute atomic E-state index is 0.325. The van der Waals surface area contributed by atoms with E-state index in [1.54, 1.807) is 6.20 Å². The molecule has 2 rings (SSSR count). The Morgan fingerprint density at radius 2 is 2.27 bits per heavy atom. The van der Waals surface area contributed by atoms with Gasteiger partial charge in [-0.15, -0.1) is 0 Å². The molecule has 0 bridgehead atoms. The molecule has 0 atom stereocenters. The zero-order valence-corrected chi connectivity index (χ0v) is 10.1. The van der Waals surface area contributed by atoms with Gasteiger partial charge in [0.1, 0.15) is 5.75 Å². The van der Waals surface area contributed by atoms with Crippen molar-refractivity contribution < 1.29 is 9.47 Å². The van der Waals surface area contributed by atoms with Gasteiger partial charge in [-0.2, -0.15) is 0 Å². The van der Waals surface area contributed by atoms with Crippen LogP contribution in [0.4, 0.5) is 0 Å². The summed E-state index contributed by atoms with van der Waals surface area (Å²) < 4.78 is 10.7. The molecule has 1 aromatic rings. The van der Waals surface area contributed by atoms with Gasteiger partial charge in [-0.3, -0.25) is 4.98 Å². The van der Waals surface area contributed by atoms with Gasteiger partial charge in [0.2, 0.25) is 0 Å². The molecule has 82 valence electrons. The zero-order valence-electron chi connectivity index (χ0n) is 8.49. The van der Waals surface area contributed by atoms with Gasteiger partial charge < -0.3 is 9.47 Å². The third-order valence-corrected chi connectivity index (χ3v) is 2.87. The fraction of sp³-hybridized carbons (Fsp3) is 0.545. The van der Waals surface area contributed by atoms with Crippen LogP contribution in [-0.2, 0) is 10.1 Å². The third-order valence-electron chi connectivity index (χ3n) is 2.29. The van der Waals surface area contributed by atoms with Crippen molar-refractivity contribution in [1.29, 1.82) is 0 Å². The zero-order chi connectivity index (χ0) is 10.5. The van der Waals surface area contributed by atoms with Gasteiger partial charge in [-0.05, 0) is 30.9 Å². The first-order chi connectivity index (χ1) is 7.38. The van der Waals surface area contributed by atoms with Gasteiger partial charge in [0.25, 0.3) is 0 Å². The molecule has 0 radical (unpaired) electrons. The minimum atomic E-state index is 0.325. The van der Waals surface area contributed by atoms with E-state index in [1.807, 2.05) is 12.1 Å². The number of rotatable bonds is 6. The SMILES string of the molecule is BrCc1ccc(OCOCC2CC2)cn1. The second-order valence-corrected chi connectivity index (χ2v) is 4.26. The molecule has 1 aliphatic carbocycles. The summed E-state index contributed by atoms with van der Waals surface area (Å²) in [6.45, 7) is 1.15. The maximum absolute atomic E-state index is 5.38. The van der Waals surface area contributed by atoms with Crippen LogP contribution in [-0.4, -0.2) is 18.4 Å². The fourth-order valence-corrected chi connectivity index (χ4v) is 1.52. The first-order valence-electron chi connectivity index (χ1n) is 5.10. The maximum atomic E-state index is 5.38. The van der Waals surface area contributed by atoms with E-state index in [4.69, 9.17) is 9.47 Å². The normalized spacial score (nSPS) is 15.3. The van der Waals surface area contributed by atoms with E-state index < -0.39 is 0 Å². The average molecular weight is 272 g/mol. The van der Waals surface area contributed by atoms with E-state index in [-0.39, 0.29) is 0 Å². The molecule has 1 fully saturated rings. The molecule has 0 aliphatic heterocycles. The molecule has 15 heavy (non-hydrogen) atoms. The average Bonchev–Trinajstić information content (AvgIpc) is 3.09. The Morgan fingerprint density at radius 3 is 2.87 bits per heavy atom. The Kier molecular flexibility index (Phi) is 3.97. The van der Waals surface area contributed by atoms with E-state index in [9.17, 15) is 0 Å². The van der Waals surface area contributed by atoms with Crippen molar-refractivity contribution in [3.05, 3.63) is 24.0 Å². The number of aromatic nitrogens is 1. The summed E-state index contributed by atoms with van der Waals surface area (Å²) in [7, 11) is 0. The number of hydrogen-bond acceptors (Lipinski definition) is 3. The molecule has 0 saturated heterocycles. The highest BCUT2D eigenvalue weighted by molar-refractivity contribution is 9.08.